The fourth-order valence-corrected chi connectivity index (χ4v) is 3.96. The quantitative estimate of drug-likeness (QED) is 0.693. The fraction of sp³-hybridized carbons (Fsp3) is 0.700. The Balaban J connectivity index is 1.40. The molecule has 1 aliphatic heterocycles. The van der Waals surface area contributed by atoms with Crippen molar-refractivity contribution in [2.45, 2.75) is 58.2 Å². The second-order valence-corrected chi connectivity index (χ2v) is 7.41. The molecule has 3 rings (SSSR count). The van der Waals surface area contributed by atoms with E-state index in [1.807, 2.05) is 0 Å². The molecule has 0 amide bonds. The molecule has 4 heteroatoms. The van der Waals surface area contributed by atoms with Gasteiger partial charge in [-0.2, -0.15) is 0 Å². The van der Waals surface area contributed by atoms with Crippen LogP contribution in [0.1, 0.15) is 63.7 Å². The molecular weight excluding hydrogens is 310 g/mol. The van der Waals surface area contributed by atoms with Gasteiger partial charge < -0.3 is 9.47 Å². The average molecular weight is 338 g/mol. The number of hydrogen-bond donors (Lipinski definition) is 0. The highest BCUT2D eigenvalue weighted by atomic mass is 19.2. The monoisotopic (exact) mass is 338 g/mol. The van der Waals surface area contributed by atoms with E-state index in [4.69, 9.17) is 9.47 Å². The Hall–Kier alpha value is -1.00. The highest BCUT2D eigenvalue weighted by Gasteiger charge is 2.26. The van der Waals surface area contributed by atoms with Crippen LogP contribution in [0.2, 0.25) is 0 Å². The first-order valence-corrected chi connectivity index (χ1v) is 9.33. The summed E-state index contributed by atoms with van der Waals surface area (Å²) in [6, 6.07) is 3.80. The highest BCUT2D eigenvalue weighted by Crippen LogP contribution is 2.35. The van der Waals surface area contributed by atoms with Crippen LogP contribution >= 0.6 is 0 Å². The van der Waals surface area contributed by atoms with Crippen molar-refractivity contribution in [3.05, 3.63) is 35.4 Å². The van der Waals surface area contributed by atoms with Gasteiger partial charge >= 0.3 is 0 Å². The third-order valence-electron chi connectivity index (χ3n) is 5.71. The maximum Gasteiger partial charge on any atom is 0.183 e. The smallest absolute Gasteiger partial charge is 0.183 e. The summed E-state index contributed by atoms with van der Waals surface area (Å²) in [7, 11) is 0. The zero-order valence-corrected chi connectivity index (χ0v) is 14.5. The summed E-state index contributed by atoms with van der Waals surface area (Å²) >= 11 is 0. The molecule has 134 valence electrons. The lowest BCUT2D eigenvalue weighted by atomic mass is 9.78. The summed E-state index contributed by atoms with van der Waals surface area (Å²) in [5, 5.41) is 0. The van der Waals surface area contributed by atoms with Gasteiger partial charge in [-0.3, -0.25) is 0 Å². The van der Waals surface area contributed by atoms with Crippen LogP contribution in [-0.2, 0) is 9.47 Å². The predicted molar refractivity (Wildman–Crippen MR) is 89.5 cm³/mol. The Labute approximate surface area is 143 Å². The molecule has 1 saturated carbocycles. The number of rotatable bonds is 5. The van der Waals surface area contributed by atoms with Crippen LogP contribution in [0.3, 0.4) is 0 Å². The number of ether oxygens (including phenoxy) is 2. The molecule has 2 aliphatic rings. The molecular formula is C20H28F2O2. The maximum absolute atomic E-state index is 13.3. The van der Waals surface area contributed by atoms with Gasteiger partial charge in [0.15, 0.2) is 17.9 Å². The molecule has 2 nitrogen and oxygen atoms in total. The first-order valence-electron chi connectivity index (χ1n) is 9.33. The van der Waals surface area contributed by atoms with Gasteiger partial charge in [0.1, 0.15) is 0 Å². The van der Waals surface area contributed by atoms with E-state index < -0.39 is 17.9 Å². The topological polar surface area (TPSA) is 18.5 Å². The number of halogens is 2. The van der Waals surface area contributed by atoms with Crippen molar-refractivity contribution in [1.29, 1.82) is 0 Å². The third kappa shape index (κ3) is 4.54. The van der Waals surface area contributed by atoms with Crippen LogP contribution in [-0.4, -0.2) is 13.2 Å². The molecule has 1 aromatic carbocycles. The van der Waals surface area contributed by atoms with Gasteiger partial charge in [-0.1, -0.05) is 51.5 Å². The van der Waals surface area contributed by atoms with Gasteiger partial charge in [0.05, 0.1) is 13.2 Å². The van der Waals surface area contributed by atoms with E-state index in [9.17, 15) is 8.78 Å². The Bertz CT molecular complexity index is 518. The van der Waals surface area contributed by atoms with E-state index in [1.165, 1.54) is 44.6 Å². The molecule has 2 fully saturated rings. The largest absolute Gasteiger partial charge is 0.348 e. The van der Waals surface area contributed by atoms with Crippen molar-refractivity contribution in [3.63, 3.8) is 0 Å². The zero-order valence-electron chi connectivity index (χ0n) is 14.5. The van der Waals surface area contributed by atoms with Crippen molar-refractivity contribution in [2.75, 3.05) is 13.2 Å². The molecule has 1 aliphatic carbocycles. The minimum atomic E-state index is -0.857. The van der Waals surface area contributed by atoms with Gasteiger partial charge in [-0.25, -0.2) is 8.78 Å². The molecule has 0 bridgehead atoms. The van der Waals surface area contributed by atoms with Crippen LogP contribution in [0.25, 0.3) is 0 Å². The second-order valence-electron chi connectivity index (χ2n) is 7.41. The van der Waals surface area contributed by atoms with Crippen LogP contribution in [0.15, 0.2) is 18.2 Å². The average Bonchev–Trinajstić information content (AvgIpc) is 2.63. The molecule has 0 spiro atoms. The molecule has 1 saturated heterocycles. The first-order chi connectivity index (χ1) is 11.7. The van der Waals surface area contributed by atoms with Crippen molar-refractivity contribution >= 4 is 0 Å². The summed E-state index contributed by atoms with van der Waals surface area (Å²) in [5.74, 6) is 0.515. The molecule has 1 aromatic rings. The summed E-state index contributed by atoms with van der Waals surface area (Å²) < 4.78 is 37.8. The van der Waals surface area contributed by atoms with E-state index in [1.54, 1.807) is 0 Å². The second kappa shape index (κ2) is 8.39. The van der Waals surface area contributed by atoms with E-state index in [0.29, 0.717) is 24.7 Å². The lowest BCUT2D eigenvalue weighted by molar-refractivity contribution is -0.206. The van der Waals surface area contributed by atoms with Gasteiger partial charge in [-0.05, 0) is 30.4 Å². The van der Waals surface area contributed by atoms with Gasteiger partial charge in [-0.15, -0.1) is 0 Å². The van der Waals surface area contributed by atoms with Crippen molar-refractivity contribution in [2.24, 2.45) is 17.8 Å². The van der Waals surface area contributed by atoms with Crippen LogP contribution in [0.5, 0.6) is 0 Å². The normalized spacial score (nSPS) is 31.1. The molecule has 24 heavy (non-hydrogen) atoms. The minimum absolute atomic E-state index is 0.412. The minimum Gasteiger partial charge on any atom is -0.348 e. The molecule has 0 N–H and O–H groups in total. The van der Waals surface area contributed by atoms with Gasteiger partial charge in [0.25, 0.3) is 0 Å². The van der Waals surface area contributed by atoms with Crippen molar-refractivity contribution in [1.82, 2.24) is 0 Å². The summed E-state index contributed by atoms with van der Waals surface area (Å²) in [6.07, 6.45) is 8.64. The van der Waals surface area contributed by atoms with Crippen molar-refractivity contribution in [3.8, 4) is 0 Å². The summed E-state index contributed by atoms with van der Waals surface area (Å²) in [5.41, 5.74) is 0.547. The Kier molecular flexibility index (Phi) is 6.23. The number of benzene rings is 1. The number of hydrogen-bond acceptors (Lipinski definition) is 2. The molecule has 0 unspecified atom stereocenters. The van der Waals surface area contributed by atoms with Crippen LogP contribution in [0.4, 0.5) is 8.78 Å². The SMILES string of the molecule is CC[C@H]1CC[C@H](CC[C@H]2CO[C@H](c3ccc(F)c(F)c3)OC2)CC1. The maximum atomic E-state index is 13.3. The lowest BCUT2D eigenvalue weighted by Crippen LogP contribution is -2.28. The predicted octanol–water partition coefficient (Wildman–Crippen LogP) is 5.62. The Morgan fingerprint density at radius 3 is 2.12 bits per heavy atom. The summed E-state index contributed by atoms with van der Waals surface area (Å²) in [6.45, 7) is 3.56. The molecule has 0 radical (unpaired) electrons. The zero-order chi connectivity index (χ0) is 16.9. The van der Waals surface area contributed by atoms with E-state index in [2.05, 4.69) is 6.92 Å². The first kappa shape index (κ1) is 17.8. The third-order valence-corrected chi connectivity index (χ3v) is 5.71. The van der Waals surface area contributed by atoms with Crippen molar-refractivity contribution < 1.29 is 18.3 Å². The van der Waals surface area contributed by atoms with Crippen LogP contribution < -0.4 is 0 Å². The molecule has 1 heterocycles. The Morgan fingerprint density at radius 1 is 0.875 bits per heavy atom. The van der Waals surface area contributed by atoms with Crippen LogP contribution in [0, 0.1) is 29.4 Å². The highest BCUT2D eigenvalue weighted by molar-refractivity contribution is 5.19. The van der Waals surface area contributed by atoms with E-state index >= 15 is 0 Å². The lowest BCUT2D eigenvalue weighted by Gasteiger charge is -2.32. The Morgan fingerprint density at radius 2 is 1.50 bits per heavy atom. The standard InChI is InChI=1S/C20H28F2O2/c1-2-14-3-5-15(6-4-14)7-8-16-12-23-20(24-13-16)17-9-10-18(21)19(22)11-17/h9-11,14-16,20H,2-8,12-13H2,1H3/t14-,15-,16-,20-. The molecule has 0 atom stereocenters. The summed E-state index contributed by atoms with van der Waals surface area (Å²) in [4.78, 5) is 0. The van der Waals surface area contributed by atoms with Gasteiger partial charge in [0.2, 0.25) is 0 Å². The van der Waals surface area contributed by atoms with Gasteiger partial charge in [0, 0.05) is 11.5 Å². The van der Waals surface area contributed by atoms with E-state index in [-0.39, 0.29) is 0 Å². The molecule has 0 aromatic heterocycles. The van der Waals surface area contributed by atoms with E-state index in [0.717, 1.165) is 30.4 Å². The fourth-order valence-electron chi connectivity index (χ4n) is 3.96.